The minimum Gasteiger partial charge on any atom is -0.460 e. The number of ether oxygens (including phenoxy) is 2. The maximum atomic E-state index is 10.4. The molecule has 1 aromatic carbocycles. The third-order valence-corrected chi connectivity index (χ3v) is 4.95. The number of morpholine rings is 1. The molecule has 0 bridgehead atoms. The van der Waals surface area contributed by atoms with Crippen LogP contribution in [0.1, 0.15) is 22.9 Å². The van der Waals surface area contributed by atoms with E-state index in [1.165, 1.54) is 0 Å². The predicted octanol–water partition coefficient (Wildman–Crippen LogP) is 1.76. The van der Waals surface area contributed by atoms with Gasteiger partial charge in [-0.25, -0.2) is 0 Å². The fourth-order valence-corrected chi connectivity index (χ4v) is 3.25. The highest BCUT2D eigenvalue weighted by atomic mass is 16.5. The molecule has 1 saturated heterocycles. The second kappa shape index (κ2) is 11.3. The van der Waals surface area contributed by atoms with E-state index in [-0.39, 0.29) is 19.2 Å². The minimum atomic E-state index is -0.907. The molecule has 1 aliphatic heterocycles. The summed E-state index contributed by atoms with van der Waals surface area (Å²) in [5, 5.41) is 23.9. The molecule has 0 aliphatic carbocycles. The van der Waals surface area contributed by atoms with Crippen LogP contribution in [0.5, 0.6) is 6.01 Å². The van der Waals surface area contributed by atoms with Crippen molar-refractivity contribution >= 4 is 17.9 Å². The smallest absolute Gasteiger partial charge is 0.320 e. The molecule has 1 aliphatic rings. The van der Waals surface area contributed by atoms with E-state index in [1.807, 2.05) is 24.3 Å². The Labute approximate surface area is 191 Å². The molecular formula is C23H26N6O4. The first-order valence-corrected chi connectivity index (χ1v) is 10.6. The Morgan fingerprint density at radius 3 is 2.82 bits per heavy atom. The molecule has 2 aromatic heterocycles. The summed E-state index contributed by atoms with van der Waals surface area (Å²) >= 11 is 0. The van der Waals surface area contributed by atoms with E-state index >= 15 is 0 Å². The van der Waals surface area contributed by atoms with Gasteiger partial charge in [-0.3, -0.25) is 10.4 Å². The van der Waals surface area contributed by atoms with Crippen molar-refractivity contribution in [2.24, 2.45) is 5.10 Å². The average Bonchev–Trinajstić information content (AvgIpc) is 2.88. The topological polar surface area (TPSA) is 125 Å². The molecule has 0 radical (unpaired) electrons. The summed E-state index contributed by atoms with van der Waals surface area (Å²) in [5.41, 5.74) is 5.06. The van der Waals surface area contributed by atoms with E-state index in [1.54, 1.807) is 36.7 Å². The molecule has 10 heteroatoms. The summed E-state index contributed by atoms with van der Waals surface area (Å²) in [5.74, 6) is 1.12. The molecule has 1 atom stereocenters. The molecular weight excluding hydrogens is 424 g/mol. The Kier molecular flexibility index (Phi) is 7.75. The van der Waals surface area contributed by atoms with Crippen molar-refractivity contribution in [3.8, 4) is 6.01 Å². The summed E-state index contributed by atoms with van der Waals surface area (Å²) in [6.45, 7) is 2.55. The molecule has 3 N–H and O–H groups in total. The number of rotatable bonds is 9. The monoisotopic (exact) mass is 450 g/mol. The van der Waals surface area contributed by atoms with Crippen LogP contribution in [0.25, 0.3) is 0 Å². The SMILES string of the molecule is OCc1cccc(/C=N/Nc2cc(N3CCOCC3)nc(OCC(O)c3ccccn3)n2)c1. The van der Waals surface area contributed by atoms with Gasteiger partial charge in [0, 0.05) is 25.4 Å². The molecule has 33 heavy (non-hydrogen) atoms. The molecule has 3 aromatic rings. The number of pyridine rings is 1. The van der Waals surface area contributed by atoms with Crippen LogP contribution in [0.2, 0.25) is 0 Å². The van der Waals surface area contributed by atoms with Crippen LogP contribution in [0, 0.1) is 0 Å². The zero-order valence-corrected chi connectivity index (χ0v) is 18.0. The van der Waals surface area contributed by atoms with Crippen molar-refractivity contribution < 1.29 is 19.7 Å². The summed E-state index contributed by atoms with van der Waals surface area (Å²) < 4.78 is 11.1. The number of aliphatic hydroxyl groups excluding tert-OH is 2. The molecule has 3 heterocycles. The Morgan fingerprint density at radius 1 is 1.15 bits per heavy atom. The van der Waals surface area contributed by atoms with Gasteiger partial charge in [0.05, 0.1) is 31.7 Å². The van der Waals surface area contributed by atoms with E-state index in [2.05, 4.69) is 30.4 Å². The van der Waals surface area contributed by atoms with Crippen LogP contribution < -0.4 is 15.1 Å². The predicted molar refractivity (Wildman–Crippen MR) is 123 cm³/mol. The molecule has 172 valence electrons. The van der Waals surface area contributed by atoms with E-state index in [0.717, 1.165) is 11.1 Å². The van der Waals surface area contributed by atoms with Crippen LogP contribution in [0.4, 0.5) is 11.6 Å². The van der Waals surface area contributed by atoms with Gasteiger partial charge < -0.3 is 24.6 Å². The summed E-state index contributed by atoms with van der Waals surface area (Å²) in [4.78, 5) is 15.1. The Balaban J connectivity index is 1.49. The molecule has 0 spiro atoms. The lowest BCUT2D eigenvalue weighted by Gasteiger charge is -2.28. The van der Waals surface area contributed by atoms with Crippen molar-refractivity contribution in [2.45, 2.75) is 12.7 Å². The maximum Gasteiger partial charge on any atom is 0.320 e. The van der Waals surface area contributed by atoms with Crippen molar-refractivity contribution in [1.82, 2.24) is 15.0 Å². The van der Waals surface area contributed by atoms with E-state index in [4.69, 9.17) is 9.47 Å². The quantitative estimate of drug-likeness (QED) is 0.330. The third-order valence-electron chi connectivity index (χ3n) is 4.95. The minimum absolute atomic E-state index is 0.0328. The molecule has 0 saturated carbocycles. The number of benzene rings is 1. The fraction of sp³-hybridized carbons (Fsp3) is 0.304. The lowest BCUT2D eigenvalue weighted by molar-refractivity contribution is 0.0989. The van der Waals surface area contributed by atoms with Gasteiger partial charge in [-0.2, -0.15) is 15.1 Å². The third kappa shape index (κ3) is 6.45. The van der Waals surface area contributed by atoms with Gasteiger partial charge in [-0.05, 0) is 29.3 Å². The first-order valence-electron chi connectivity index (χ1n) is 10.6. The van der Waals surface area contributed by atoms with Crippen LogP contribution in [0.15, 0.2) is 59.8 Å². The number of nitrogens with zero attached hydrogens (tertiary/aromatic N) is 5. The molecule has 10 nitrogen and oxygen atoms in total. The zero-order chi connectivity index (χ0) is 22.9. The van der Waals surface area contributed by atoms with Crippen LogP contribution in [-0.2, 0) is 11.3 Å². The van der Waals surface area contributed by atoms with Crippen molar-refractivity contribution in [2.75, 3.05) is 43.2 Å². The zero-order valence-electron chi connectivity index (χ0n) is 18.0. The lowest BCUT2D eigenvalue weighted by Crippen LogP contribution is -2.36. The van der Waals surface area contributed by atoms with E-state index in [9.17, 15) is 10.2 Å². The Bertz CT molecular complexity index is 1060. The first kappa shape index (κ1) is 22.6. The van der Waals surface area contributed by atoms with Gasteiger partial charge >= 0.3 is 6.01 Å². The highest BCUT2D eigenvalue weighted by Gasteiger charge is 2.17. The number of anilines is 2. The lowest BCUT2D eigenvalue weighted by atomic mass is 10.1. The van der Waals surface area contributed by atoms with Crippen LogP contribution in [0.3, 0.4) is 0 Å². The molecule has 1 fully saturated rings. The second-order valence-corrected chi connectivity index (χ2v) is 7.35. The first-order chi connectivity index (χ1) is 16.2. The number of aliphatic hydroxyl groups is 2. The Morgan fingerprint density at radius 2 is 2.03 bits per heavy atom. The number of nitrogens with one attached hydrogen (secondary N) is 1. The van der Waals surface area contributed by atoms with Crippen molar-refractivity contribution in [1.29, 1.82) is 0 Å². The van der Waals surface area contributed by atoms with E-state index < -0.39 is 6.10 Å². The highest BCUT2D eigenvalue weighted by molar-refractivity contribution is 5.80. The van der Waals surface area contributed by atoms with Gasteiger partial charge in [0.2, 0.25) is 0 Å². The largest absolute Gasteiger partial charge is 0.460 e. The van der Waals surface area contributed by atoms with Gasteiger partial charge in [0.25, 0.3) is 0 Å². The summed E-state index contributed by atoms with van der Waals surface area (Å²) in [7, 11) is 0. The van der Waals surface area contributed by atoms with Crippen molar-refractivity contribution in [3.63, 3.8) is 0 Å². The van der Waals surface area contributed by atoms with Gasteiger partial charge in [-0.1, -0.05) is 24.3 Å². The van der Waals surface area contributed by atoms with Crippen LogP contribution in [-0.4, -0.2) is 64.3 Å². The van der Waals surface area contributed by atoms with Crippen molar-refractivity contribution in [3.05, 3.63) is 71.5 Å². The van der Waals surface area contributed by atoms with E-state index in [0.29, 0.717) is 43.6 Å². The second-order valence-electron chi connectivity index (χ2n) is 7.35. The van der Waals surface area contributed by atoms with Crippen LogP contribution >= 0.6 is 0 Å². The molecule has 4 rings (SSSR count). The van der Waals surface area contributed by atoms with Gasteiger partial charge in [0.15, 0.2) is 5.82 Å². The maximum absolute atomic E-state index is 10.4. The number of hydrazone groups is 1. The standard InChI is InChI=1S/C23H26N6O4/c30-15-18-5-3-4-17(12-18)14-25-28-21-13-22(29-8-10-32-11-9-29)27-23(26-21)33-16-20(31)19-6-1-2-7-24-19/h1-7,12-14,20,30-31H,8-11,15-16H2,(H,26,27,28)/b25-14+. The summed E-state index contributed by atoms with van der Waals surface area (Å²) in [6, 6.07) is 14.6. The molecule has 1 unspecified atom stereocenters. The number of hydrogen-bond acceptors (Lipinski definition) is 10. The fourth-order valence-electron chi connectivity index (χ4n) is 3.25. The van der Waals surface area contributed by atoms with Gasteiger partial charge in [0.1, 0.15) is 18.5 Å². The van der Waals surface area contributed by atoms with Gasteiger partial charge in [-0.15, -0.1) is 0 Å². The normalized spacial score (nSPS) is 14.9. The Hall–Kier alpha value is -3.60. The summed E-state index contributed by atoms with van der Waals surface area (Å²) in [6.07, 6.45) is 2.35. The number of hydrogen-bond donors (Lipinski definition) is 3. The average molecular weight is 450 g/mol. The highest BCUT2D eigenvalue weighted by Crippen LogP contribution is 2.21. The molecule has 0 amide bonds. The number of aromatic nitrogens is 3.